The molecule has 2 bridgehead atoms. The van der Waals surface area contributed by atoms with E-state index in [9.17, 15) is 14.4 Å². The lowest BCUT2D eigenvalue weighted by Gasteiger charge is -2.41. The van der Waals surface area contributed by atoms with Gasteiger partial charge in [-0.05, 0) is 68.7 Å². The van der Waals surface area contributed by atoms with Gasteiger partial charge in [0.25, 0.3) is 0 Å². The van der Waals surface area contributed by atoms with Gasteiger partial charge in [0.15, 0.2) is 0 Å². The summed E-state index contributed by atoms with van der Waals surface area (Å²) in [6.45, 7) is 9.66. The molecule has 1 aromatic heterocycles. The molecule has 200 valence electrons. The second kappa shape index (κ2) is 9.82. The maximum absolute atomic E-state index is 13.2. The Kier molecular flexibility index (Phi) is 6.67. The Balaban J connectivity index is 1.54. The fraction of sp³-hybridized carbons (Fsp3) is 0.433. The number of urea groups is 1. The molecule has 0 aliphatic carbocycles. The standard InChI is InChI=1S/C30H35N3O5/c1-6-7-14-37-21-12-13-24-22(15-21)26-23-17-32(29(36)31(5)27(23)34)18-25(26)33(24)16-19-8-10-20(11-9-19)28(35)38-30(2,3)4/h8-13,15,23H,6-7,14,16-18H2,1-5H3. The second-order valence-electron chi connectivity index (χ2n) is 11.1. The molecular formula is C30H35N3O5. The Labute approximate surface area is 223 Å². The molecule has 2 aliphatic rings. The molecule has 1 atom stereocenters. The third-order valence-electron chi connectivity index (χ3n) is 7.16. The van der Waals surface area contributed by atoms with Crippen molar-refractivity contribution in [1.29, 1.82) is 0 Å². The molecule has 1 fully saturated rings. The van der Waals surface area contributed by atoms with Crippen LogP contribution in [0.4, 0.5) is 4.79 Å². The zero-order valence-electron chi connectivity index (χ0n) is 22.7. The maximum atomic E-state index is 13.2. The molecule has 3 amide bonds. The van der Waals surface area contributed by atoms with Crippen LogP contribution in [-0.4, -0.2) is 58.1 Å². The number of benzene rings is 2. The van der Waals surface area contributed by atoms with Crippen LogP contribution in [0.3, 0.4) is 0 Å². The summed E-state index contributed by atoms with van der Waals surface area (Å²) in [5.74, 6) is -0.163. The molecule has 38 heavy (non-hydrogen) atoms. The maximum Gasteiger partial charge on any atom is 0.338 e. The smallest absolute Gasteiger partial charge is 0.338 e. The number of imide groups is 1. The normalized spacial score (nSPS) is 17.1. The summed E-state index contributed by atoms with van der Waals surface area (Å²) in [5.41, 5.74) is 3.87. The molecule has 0 saturated carbocycles. The fourth-order valence-electron chi connectivity index (χ4n) is 5.29. The highest BCUT2D eigenvalue weighted by Gasteiger charge is 2.44. The number of nitrogens with zero attached hydrogens (tertiary/aromatic N) is 3. The van der Waals surface area contributed by atoms with Crippen molar-refractivity contribution in [2.45, 2.75) is 65.1 Å². The fourth-order valence-corrected chi connectivity index (χ4v) is 5.29. The van der Waals surface area contributed by atoms with Gasteiger partial charge in [-0.1, -0.05) is 25.5 Å². The highest BCUT2D eigenvalue weighted by Crippen LogP contribution is 2.41. The van der Waals surface area contributed by atoms with Crippen LogP contribution < -0.4 is 4.74 Å². The quantitative estimate of drug-likeness (QED) is 0.313. The van der Waals surface area contributed by atoms with Crippen molar-refractivity contribution in [2.75, 3.05) is 20.2 Å². The first-order valence-electron chi connectivity index (χ1n) is 13.2. The number of likely N-dealkylation sites (N-methyl/N-ethyl adjacent to an activating group) is 1. The van der Waals surface area contributed by atoms with Crippen LogP contribution >= 0.6 is 0 Å². The number of carbonyl (C=O) groups is 3. The summed E-state index contributed by atoms with van der Waals surface area (Å²) in [6, 6.07) is 13.2. The lowest BCUT2D eigenvalue weighted by molar-refractivity contribution is -0.132. The summed E-state index contributed by atoms with van der Waals surface area (Å²) < 4.78 is 13.7. The molecule has 0 spiro atoms. The number of esters is 1. The Bertz CT molecular complexity index is 1400. The molecule has 8 heteroatoms. The van der Waals surface area contributed by atoms with Crippen LogP contribution in [0.1, 0.15) is 73.6 Å². The monoisotopic (exact) mass is 517 g/mol. The van der Waals surface area contributed by atoms with Crippen molar-refractivity contribution < 1.29 is 23.9 Å². The molecule has 2 aliphatic heterocycles. The minimum atomic E-state index is -0.561. The zero-order chi connectivity index (χ0) is 27.2. The molecule has 5 rings (SSSR count). The van der Waals surface area contributed by atoms with Crippen molar-refractivity contribution in [3.05, 3.63) is 64.8 Å². The largest absolute Gasteiger partial charge is 0.494 e. The SMILES string of the molecule is CCCCOc1ccc2c(c1)c1c(n2Cc2ccc(C(=O)OC(C)(C)C)cc2)CN2CC1C(=O)N(C)C2=O. The van der Waals surface area contributed by atoms with Crippen molar-refractivity contribution in [3.63, 3.8) is 0 Å². The van der Waals surface area contributed by atoms with Crippen molar-refractivity contribution >= 4 is 28.8 Å². The van der Waals surface area contributed by atoms with Gasteiger partial charge >= 0.3 is 12.0 Å². The van der Waals surface area contributed by atoms with Crippen LogP contribution in [0.5, 0.6) is 5.75 Å². The zero-order valence-corrected chi connectivity index (χ0v) is 22.7. The van der Waals surface area contributed by atoms with E-state index in [4.69, 9.17) is 9.47 Å². The molecule has 8 nitrogen and oxygen atoms in total. The Morgan fingerprint density at radius 1 is 1.08 bits per heavy atom. The highest BCUT2D eigenvalue weighted by molar-refractivity contribution is 6.04. The Hall–Kier alpha value is -3.81. The lowest BCUT2D eigenvalue weighted by Crippen LogP contribution is -2.56. The number of carbonyl (C=O) groups excluding carboxylic acids is 3. The van der Waals surface area contributed by atoms with Crippen LogP contribution in [0.15, 0.2) is 42.5 Å². The van der Waals surface area contributed by atoms with Crippen LogP contribution in [0.25, 0.3) is 10.9 Å². The molecule has 0 radical (unpaired) electrons. The van der Waals surface area contributed by atoms with E-state index in [1.165, 1.54) is 4.90 Å². The van der Waals surface area contributed by atoms with E-state index in [1.54, 1.807) is 24.1 Å². The van der Waals surface area contributed by atoms with E-state index in [2.05, 4.69) is 11.5 Å². The Morgan fingerprint density at radius 2 is 1.82 bits per heavy atom. The average Bonchev–Trinajstić information content (AvgIpc) is 3.18. The van der Waals surface area contributed by atoms with Crippen molar-refractivity contribution in [2.24, 2.45) is 0 Å². The highest BCUT2D eigenvalue weighted by atomic mass is 16.6. The second-order valence-corrected chi connectivity index (χ2v) is 11.1. The minimum Gasteiger partial charge on any atom is -0.494 e. The summed E-state index contributed by atoms with van der Waals surface area (Å²) >= 11 is 0. The molecule has 1 saturated heterocycles. The average molecular weight is 518 g/mol. The molecular weight excluding hydrogens is 482 g/mol. The number of unbranched alkanes of at least 4 members (excludes halogenated alkanes) is 1. The van der Waals surface area contributed by atoms with Crippen molar-refractivity contribution in [1.82, 2.24) is 14.4 Å². The topological polar surface area (TPSA) is 81.1 Å². The third kappa shape index (κ3) is 4.75. The van der Waals surface area contributed by atoms with E-state index >= 15 is 0 Å². The van der Waals surface area contributed by atoms with Crippen molar-refractivity contribution in [3.8, 4) is 5.75 Å². The molecule has 1 unspecified atom stereocenters. The predicted octanol–water partition coefficient (Wildman–Crippen LogP) is 5.32. The lowest BCUT2D eigenvalue weighted by atomic mass is 9.89. The number of rotatable bonds is 7. The van der Waals surface area contributed by atoms with Gasteiger partial charge in [-0.15, -0.1) is 0 Å². The summed E-state index contributed by atoms with van der Waals surface area (Å²) in [7, 11) is 1.56. The summed E-state index contributed by atoms with van der Waals surface area (Å²) in [4.78, 5) is 41.5. The first-order chi connectivity index (χ1) is 18.1. The first-order valence-corrected chi connectivity index (χ1v) is 13.2. The van der Waals surface area contributed by atoms with E-state index in [1.807, 2.05) is 51.1 Å². The Morgan fingerprint density at radius 3 is 2.50 bits per heavy atom. The summed E-state index contributed by atoms with van der Waals surface area (Å²) in [5, 5.41) is 0.986. The van der Waals surface area contributed by atoms with Gasteiger partial charge in [0.05, 0.1) is 24.6 Å². The van der Waals surface area contributed by atoms with E-state index in [-0.39, 0.29) is 17.9 Å². The van der Waals surface area contributed by atoms with Gasteiger partial charge in [-0.25, -0.2) is 9.59 Å². The number of fused-ring (bicyclic) bond motifs is 6. The molecule has 0 N–H and O–H groups in total. The van der Waals surface area contributed by atoms with Gasteiger partial charge in [0, 0.05) is 36.7 Å². The number of amides is 3. The summed E-state index contributed by atoms with van der Waals surface area (Å²) in [6.07, 6.45) is 2.02. The third-order valence-corrected chi connectivity index (χ3v) is 7.16. The number of hydrogen-bond donors (Lipinski definition) is 0. The van der Waals surface area contributed by atoms with Crippen LogP contribution in [-0.2, 0) is 22.6 Å². The molecule has 3 heterocycles. The minimum absolute atomic E-state index is 0.176. The predicted molar refractivity (Wildman–Crippen MR) is 144 cm³/mol. The van der Waals surface area contributed by atoms with Gasteiger partial charge < -0.3 is 18.9 Å². The molecule has 2 aromatic carbocycles. The number of hydrogen-bond acceptors (Lipinski definition) is 5. The van der Waals surface area contributed by atoms with Gasteiger partial charge in [-0.3, -0.25) is 9.69 Å². The first kappa shape index (κ1) is 25.8. The van der Waals surface area contributed by atoms with Crippen LogP contribution in [0.2, 0.25) is 0 Å². The van der Waals surface area contributed by atoms with E-state index < -0.39 is 11.5 Å². The number of ether oxygens (including phenoxy) is 2. The van der Waals surface area contributed by atoms with E-state index in [0.717, 1.165) is 46.3 Å². The number of aromatic nitrogens is 1. The van der Waals surface area contributed by atoms with E-state index in [0.29, 0.717) is 31.8 Å². The van der Waals surface area contributed by atoms with Gasteiger partial charge in [-0.2, -0.15) is 0 Å². The molecule has 3 aromatic rings. The van der Waals surface area contributed by atoms with Gasteiger partial charge in [0.2, 0.25) is 5.91 Å². The van der Waals surface area contributed by atoms with Gasteiger partial charge in [0.1, 0.15) is 11.4 Å². The van der Waals surface area contributed by atoms with Crippen LogP contribution in [0, 0.1) is 0 Å².